The molecule has 0 amide bonds. The molecule has 0 saturated carbocycles. The van der Waals surface area contributed by atoms with Crippen LogP contribution < -0.4 is 0 Å². The molecule has 0 fully saturated rings. The third-order valence-corrected chi connectivity index (χ3v) is 9.42. The van der Waals surface area contributed by atoms with Gasteiger partial charge in [0.15, 0.2) is 0 Å². The molecule has 0 aromatic heterocycles. The minimum atomic E-state index is -4.28. The molecule has 0 unspecified atom stereocenters. The van der Waals surface area contributed by atoms with Crippen molar-refractivity contribution in [3.8, 4) is 0 Å². The SMILES string of the molecule is CCC[C@@H]1C=C(N(S(=O)(=O)c2ccc(C)cc2)S(=O)(=O)c2ccc(C)cc2)CC1. The van der Waals surface area contributed by atoms with Gasteiger partial charge < -0.3 is 0 Å². The Labute approximate surface area is 174 Å². The van der Waals surface area contributed by atoms with Gasteiger partial charge in [-0.1, -0.05) is 54.8 Å². The zero-order valence-corrected chi connectivity index (χ0v) is 18.6. The fourth-order valence-electron chi connectivity index (χ4n) is 3.57. The Morgan fingerprint density at radius 1 is 0.828 bits per heavy atom. The van der Waals surface area contributed by atoms with Gasteiger partial charge in [0.1, 0.15) is 0 Å². The second kappa shape index (κ2) is 8.32. The van der Waals surface area contributed by atoms with Gasteiger partial charge in [0.25, 0.3) is 20.0 Å². The number of aryl methyl sites for hydroxylation is 2. The Balaban J connectivity index is 2.16. The number of hydrogen-bond donors (Lipinski definition) is 0. The molecule has 0 spiro atoms. The van der Waals surface area contributed by atoms with Crippen LogP contribution in [0.25, 0.3) is 0 Å². The standard InChI is InChI=1S/C22H27NO4S2/c1-4-5-19-10-11-20(16-19)23(28(24,25)21-12-6-17(2)7-13-21)29(26,27)22-14-8-18(3)9-15-22/h6-9,12-16,19H,4-5,10-11H2,1-3H3/t19-/m0/s1. The number of allylic oxidation sites excluding steroid dienone is 2. The van der Waals surface area contributed by atoms with Crippen molar-refractivity contribution in [1.29, 1.82) is 0 Å². The molecular formula is C22H27NO4S2. The van der Waals surface area contributed by atoms with Gasteiger partial charge in [-0.2, -0.15) is 3.71 Å². The first-order valence-electron chi connectivity index (χ1n) is 9.81. The van der Waals surface area contributed by atoms with Crippen LogP contribution in [0.3, 0.4) is 0 Å². The maximum Gasteiger partial charge on any atom is 0.277 e. The fourth-order valence-corrected chi connectivity index (χ4v) is 7.39. The fraction of sp³-hybridized carbons (Fsp3) is 0.364. The topological polar surface area (TPSA) is 71.5 Å². The highest BCUT2D eigenvalue weighted by molar-refractivity contribution is 8.04. The smallest absolute Gasteiger partial charge is 0.200 e. The summed E-state index contributed by atoms with van der Waals surface area (Å²) in [6, 6.07) is 12.5. The number of rotatable bonds is 7. The van der Waals surface area contributed by atoms with Gasteiger partial charge in [-0.15, -0.1) is 0 Å². The highest BCUT2D eigenvalue weighted by atomic mass is 32.3. The summed E-state index contributed by atoms with van der Waals surface area (Å²) in [7, 11) is -8.56. The Bertz CT molecular complexity index is 1020. The molecule has 0 aliphatic heterocycles. The molecule has 2 aromatic carbocycles. The Kier molecular flexibility index (Phi) is 6.19. The van der Waals surface area contributed by atoms with E-state index in [0.717, 1.165) is 30.4 Å². The normalized spacial score (nSPS) is 17.2. The second-order valence-corrected chi connectivity index (χ2v) is 11.4. The van der Waals surface area contributed by atoms with Crippen molar-refractivity contribution in [3.05, 3.63) is 71.4 Å². The van der Waals surface area contributed by atoms with Gasteiger partial charge in [0, 0.05) is 5.70 Å². The first-order valence-corrected chi connectivity index (χ1v) is 12.7. The zero-order chi connectivity index (χ0) is 21.2. The molecule has 3 rings (SSSR count). The highest BCUT2D eigenvalue weighted by Crippen LogP contribution is 2.37. The summed E-state index contributed by atoms with van der Waals surface area (Å²) in [5, 5.41) is 0. The lowest BCUT2D eigenvalue weighted by atomic mass is 10.0. The van der Waals surface area contributed by atoms with E-state index < -0.39 is 20.0 Å². The van der Waals surface area contributed by atoms with E-state index in [1.165, 1.54) is 24.3 Å². The van der Waals surface area contributed by atoms with E-state index in [1.54, 1.807) is 24.3 Å². The van der Waals surface area contributed by atoms with Gasteiger partial charge in [-0.05, 0) is 63.3 Å². The van der Waals surface area contributed by atoms with Gasteiger partial charge in [0.05, 0.1) is 9.79 Å². The van der Waals surface area contributed by atoms with Crippen molar-refractivity contribution < 1.29 is 16.8 Å². The molecule has 0 radical (unpaired) electrons. The van der Waals surface area contributed by atoms with Crippen LogP contribution in [-0.2, 0) is 20.0 Å². The van der Waals surface area contributed by atoms with E-state index in [1.807, 2.05) is 19.9 Å². The largest absolute Gasteiger partial charge is 0.277 e. The molecule has 1 aliphatic rings. The third kappa shape index (κ3) is 4.41. The van der Waals surface area contributed by atoms with Crippen molar-refractivity contribution in [2.24, 2.45) is 5.92 Å². The molecule has 0 saturated heterocycles. The van der Waals surface area contributed by atoms with Gasteiger partial charge in [-0.3, -0.25) is 0 Å². The summed E-state index contributed by atoms with van der Waals surface area (Å²) in [6.07, 6.45) is 4.87. The molecule has 5 nitrogen and oxygen atoms in total. The number of nitrogens with zero attached hydrogens (tertiary/aromatic N) is 1. The molecule has 29 heavy (non-hydrogen) atoms. The molecule has 2 aromatic rings. The first-order chi connectivity index (χ1) is 13.7. The maximum absolute atomic E-state index is 13.5. The lowest BCUT2D eigenvalue weighted by Gasteiger charge is -2.25. The molecule has 1 atom stereocenters. The molecule has 7 heteroatoms. The average Bonchev–Trinajstić information content (AvgIpc) is 3.10. The third-order valence-electron chi connectivity index (χ3n) is 5.17. The van der Waals surface area contributed by atoms with Crippen molar-refractivity contribution in [2.75, 3.05) is 0 Å². The van der Waals surface area contributed by atoms with Crippen LogP contribution in [0.2, 0.25) is 0 Å². The average molecular weight is 434 g/mol. The van der Waals surface area contributed by atoms with E-state index in [4.69, 9.17) is 0 Å². The molecule has 156 valence electrons. The quantitative estimate of drug-likeness (QED) is 0.630. The van der Waals surface area contributed by atoms with Crippen LogP contribution in [0.15, 0.2) is 70.1 Å². The van der Waals surface area contributed by atoms with Crippen LogP contribution in [0.4, 0.5) is 0 Å². The lowest BCUT2D eigenvalue weighted by Crippen LogP contribution is -2.36. The van der Waals surface area contributed by atoms with Crippen LogP contribution in [0, 0.1) is 19.8 Å². The van der Waals surface area contributed by atoms with E-state index in [0.29, 0.717) is 15.8 Å². The number of hydrogen-bond acceptors (Lipinski definition) is 4. The summed E-state index contributed by atoms with van der Waals surface area (Å²) in [5.41, 5.74) is 2.14. The summed E-state index contributed by atoms with van der Waals surface area (Å²) in [6.45, 7) is 5.77. The molecule has 0 bridgehead atoms. The lowest BCUT2D eigenvalue weighted by molar-refractivity contribution is 0.521. The number of benzene rings is 2. The Hall–Kier alpha value is -2.12. The summed E-state index contributed by atoms with van der Waals surface area (Å²) in [5.74, 6) is 0.193. The summed E-state index contributed by atoms with van der Waals surface area (Å²) < 4.78 is 54.6. The second-order valence-electron chi connectivity index (χ2n) is 7.58. The maximum atomic E-state index is 13.5. The van der Waals surface area contributed by atoms with Crippen LogP contribution in [0.5, 0.6) is 0 Å². The van der Waals surface area contributed by atoms with Gasteiger partial charge in [0.2, 0.25) is 0 Å². The molecule has 0 heterocycles. The highest BCUT2D eigenvalue weighted by Gasteiger charge is 2.39. The predicted octanol–water partition coefficient (Wildman–Crippen LogP) is 4.78. The minimum Gasteiger partial charge on any atom is -0.200 e. The van der Waals surface area contributed by atoms with Crippen molar-refractivity contribution in [2.45, 2.75) is 56.2 Å². The van der Waals surface area contributed by atoms with Gasteiger partial charge >= 0.3 is 0 Å². The molecule has 1 aliphatic carbocycles. The van der Waals surface area contributed by atoms with Crippen molar-refractivity contribution in [1.82, 2.24) is 3.71 Å². The van der Waals surface area contributed by atoms with Crippen LogP contribution >= 0.6 is 0 Å². The van der Waals surface area contributed by atoms with E-state index in [2.05, 4.69) is 6.92 Å². The van der Waals surface area contributed by atoms with E-state index >= 15 is 0 Å². The van der Waals surface area contributed by atoms with Crippen LogP contribution in [0.1, 0.15) is 43.7 Å². The van der Waals surface area contributed by atoms with Crippen LogP contribution in [-0.4, -0.2) is 20.5 Å². The van der Waals surface area contributed by atoms with Crippen molar-refractivity contribution in [3.63, 3.8) is 0 Å². The van der Waals surface area contributed by atoms with E-state index in [9.17, 15) is 16.8 Å². The number of sulfonamides is 2. The molecule has 0 N–H and O–H groups in total. The minimum absolute atomic E-state index is 0.0290. The Morgan fingerprint density at radius 2 is 1.28 bits per heavy atom. The first kappa shape index (κ1) is 21.6. The zero-order valence-electron chi connectivity index (χ0n) is 17.0. The summed E-state index contributed by atoms with van der Waals surface area (Å²) in [4.78, 5) is -0.0581. The van der Waals surface area contributed by atoms with Gasteiger partial charge in [-0.25, -0.2) is 16.8 Å². The molecular weight excluding hydrogens is 406 g/mol. The predicted molar refractivity (Wildman–Crippen MR) is 114 cm³/mol. The van der Waals surface area contributed by atoms with Crippen molar-refractivity contribution >= 4 is 20.0 Å². The summed E-state index contributed by atoms with van der Waals surface area (Å²) >= 11 is 0. The Morgan fingerprint density at radius 3 is 1.69 bits per heavy atom. The van der Waals surface area contributed by atoms with E-state index in [-0.39, 0.29) is 15.7 Å². The monoisotopic (exact) mass is 433 g/mol.